The third-order valence-electron chi connectivity index (χ3n) is 1.71. The van der Waals surface area contributed by atoms with Crippen molar-refractivity contribution in [3.63, 3.8) is 0 Å². The molecule has 1 heterocycles. The van der Waals surface area contributed by atoms with E-state index in [2.05, 4.69) is 25.1 Å². The smallest absolute Gasteiger partial charge is 0.177 e. The molecule has 0 N–H and O–H groups in total. The quantitative estimate of drug-likeness (QED) is 0.592. The lowest BCUT2D eigenvalue weighted by Crippen LogP contribution is -1.62. The van der Waals surface area contributed by atoms with Crippen molar-refractivity contribution in [3.05, 3.63) is 29.8 Å². The van der Waals surface area contributed by atoms with Crippen molar-refractivity contribution in [2.24, 2.45) is 0 Å². The molecule has 0 aliphatic carbocycles. The molecule has 0 atom stereocenters. The highest BCUT2D eigenvalue weighted by molar-refractivity contribution is 5.69. The van der Waals surface area contributed by atoms with Crippen molar-refractivity contribution in [3.8, 4) is 11.5 Å². The van der Waals surface area contributed by atoms with Gasteiger partial charge in [0.15, 0.2) is 11.5 Å². The molecule has 1 nitrogen and oxygen atoms in total. The van der Waals surface area contributed by atoms with Crippen molar-refractivity contribution in [2.75, 3.05) is 0 Å². The molecule has 0 saturated heterocycles. The van der Waals surface area contributed by atoms with Gasteiger partial charge in [0, 0.05) is 5.56 Å². The molecule has 2 rings (SSSR count). The number of allylic oxidation sites excluding steroid dienone is 1. The molecule has 1 aliphatic heterocycles. The minimum atomic E-state index is 1.03. The summed E-state index contributed by atoms with van der Waals surface area (Å²) in [4.78, 5) is 0. The Hall–Kier alpha value is -1.24. The molecular formula is C10H10O. The second-order valence-corrected chi connectivity index (χ2v) is 2.59. The molecule has 0 radical (unpaired) electrons. The zero-order valence-corrected chi connectivity index (χ0v) is 6.50. The monoisotopic (exact) mass is 146 g/mol. The zero-order chi connectivity index (χ0) is 7.68. The highest BCUT2D eigenvalue weighted by Gasteiger charge is 2.21. The molecule has 0 saturated carbocycles. The van der Waals surface area contributed by atoms with Crippen LogP contribution in [-0.4, -0.2) is 0 Å². The van der Waals surface area contributed by atoms with Gasteiger partial charge in [-0.15, -0.1) is 0 Å². The number of hydrogen-bond donors (Lipinski definition) is 0. The summed E-state index contributed by atoms with van der Waals surface area (Å²) in [5.41, 5.74) is 1.20. The van der Waals surface area contributed by atoms with E-state index in [4.69, 9.17) is 4.74 Å². The largest absolute Gasteiger partial charge is 0.449 e. The normalized spacial score (nSPS) is 12.8. The van der Waals surface area contributed by atoms with E-state index in [0.717, 1.165) is 17.9 Å². The highest BCUT2D eigenvalue weighted by Crippen LogP contribution is 2.48. The molecule has 0 aromatic heterocycles. The van der Waals surface area contributed by atoms with Gasteiger partial charge in [-0.05, 0) is 12.5 Å². The minimum Gasteiger partial charge on any atom is -0.449 e. The van der Waals surface area contributed by atoms with Crippen LogP contribution in [0.4, 0.5) is 0 Å². The molecule has 1 aliphatic rings. The van der Waals surface area contributed by atoms with Crippen molar-refractivity contribution in [1.29, 1.82) is 0 Å². The maximum absolute atomic E-state index is 5.21. The fourth-order valence-corrected chi connectivity index (χ4v) is 1.09. The maximum Gasteiger partial charge on any atom is 0.177 e. The third kappa shape index (κ3) is 1.14. The van der Waals surface area contributed by atoms with Gasteiger partial charge in [-0.1, -0.05) is 31.2 Å². The fourth-order valence-electron chi connectivity index (χ4n) is 1.09. The molecule has 1 aromatic rings. The summed E-state index contributed by atoms with van der Waals surface area (Å²) in [5.74, 6) is 2.08. The van der Waals surface area contributed by atoms with E-state index in [1.165, 1.54) is 5.56 Å². The molecule has 1 aromatic carbocycles. The summed E-state index contributed by atoms with van der Waals surface area (Å²) in [6, 6.07) is 6.07. The van der Waals surface area contributed by atoms with E-state index in [1.807, 2.05) is 12.1 Å². The van der Waals surface area contributed by atoms with E-state index in [1.54, 1.807) is 0 Å². The summed E-state index contributed by atoms with van der Waals surface area (Å²) >= 11 is 0. The topological polar surface area (TPSA) is 12.5 Å². The van der Waals surface area contributed by atoms with Crippen molar-refractivity contribution >= 4 is 6.08 Å². The number of ether oxygens (including phenoxy) is 1. The molecule has 11 heavy (non-hydrogen) atoms. The number of hydrogen-bond acceptors (Lipinski definition) is 1. The number of rotatable bonds is 2. The fraction of sp³-hybridized carbons (Fsp3) is 0.200. The standard InChI is InChI=1S/C10H10O/c1-2-3-5-8-6-4-7-9-10(8)11-9/h3-7H,2H2,1H3. The average molecular weight is 146 g/mol. The van der Waals surface area contributed by atoms with Crippen LogP contribution in [0.2, 0.25) is 0 Å². The lowest BCUT2D eigenvalue weighted by atomic mass is 10.2. The van der Waals surface area contributed by atoms with Crippen molar-refractivity contribution in [1.82, 2.24) is 0 Å². The van der Waals surface area contributed by atoms with E-state index in [-0.39, 0.29) is 0 Å². The van der Waals surface area contributed by atoms with Crippen LogP contribution in [0.15, 0.2) is 24.3 Å². The van der Waals surface area contributed by atoms with E-state index >= 15 is 0 Å². The summed E-state index contributed by atoms with van der Waals surface area (Å²) in [7, 11) is 0. The first kappa shape index (κ1) is 6.47. The Morgan fingerprint density at radius 2 is 2.36 bits per heavy atom. The Kier molecular flexibility index (Phi) is 1.42. The SMILES string of the molecule is CCC=Cc1cccc2c1O2. The van der Waals surface area contributed by atoms with Gasteiger partial charge in [-0.3, -0.25) is 0 Å². The van der Waals surface area contributed by atoms with Crippen LogP contribution in [0.1, 0.15) is 18.9 Å². The molecule has 0 amide bonds. The summed E-state index contributed by atoms with van der Waals surface area (Å²) in [6.07, 6.45) is 5.31. The van der Waals surface area contributed by atoms with Gasteiger partial charge in [-0.2, -0.15) is 0 Å². The molecule has 56 valence electrons. The zero-order valence-electron chi connectivity index (χ0n) is 6.50. The van der Waals surface area contributed by atoms with E-state index < -0.39 is 0 Å². The Balaban J connectivity index is 2.28. The van der Waals surface area contributed by atoms with Crippen LogP contribution in [0.5, 0.6) is 11.5 Å². The van der Waals surface area contributed by atoms with Crippen LogP contribution in [0.25, 0.3) is 6.08 Å². The van der Waals surface area contributed by atoms with Gasteiger partial charge in [-0.25, -0.2) is 0 Å². The summed E-state index contributed by atoms with van der Waals surface area (Å²) in [5, 5.41) is 0. The molecular weight excluding hydrogens is 136 g/mol. The van der Waals surface area contributed by atoms with Crippen LogP contribution in [0, 0.1) is 0 Å². The summed E-state index contributed by atoms with van der Waals surface area (Å²) < 4.78 is 5.21. The molecule has 0 bridgehead atoms. The van der Waals surface area contributed by atoms with Crippen molar-refractivity contribution in [2.45, 2.75) is 13.3 Å². The number of benzene rings is 1. The third-order valence-corrected chi connectivity index (χ3v) is 1.71. The van der Waals surface area contributed by atoms with Gasteiger partial charge in [0.05, 0.1) is 0 Å². The minimum absolute atomic E-state index is 1.03. The predicted octanol–water partition coefficient (Wildman–Crippen LogP) is 3.22. The number of para-hydroxylation sites is 1. The Morgan fingerprint density at radius 3 is 3.18 bits per heavy atom. The number of fused-ring (bicyclic) bond motifs is 1. The summed E-state index contributed by atoms with van der Waals surface area (Å²) in [6.45, 7) is 2.12. The molecule has 0 fully saturated rings. The second kappa shape index (κ2) is 2.42. The first-order valence-corrected chi connectivity index (χ1v) is 3.89. The predicted molar refractivity (Wildman–Crippen MR) is 45.8 cm³/mol. The van der Waals surface area contributed by atoms with E-state index in [9.17, 15) is 0 Å². The first-order valence-electron chi connectivity index (χ1n) is 3.89. The van der Waals surface area contributed by atoms with E-state index in [0.29, 0.717) is 0 Å². The average Bonchev–Trinajstić information content (AvgIpc) is 2.79. The van der Waals surface area contributed by atoms with Crippen LogP contribution in [0.3, 0.4) is 0 Å². The lowest BCUT2D eigenvalue weighted by Gasteiger charge is -1.84. The highest BCUT2D eigenvalue weighted by atomic mass is 16.6. The van der Waals surface area contributed by atoms with Crippen LogP contribution >= 0.6 is 0 Å². The van der Waals surface area contributed by atoms with Crippen LogP contribution < -0.4 is 4.74 Å². The molecule has 0 unspecified atom stereocenters. The van der Waals surface area contributed by atoms with Gasteiger partial charge in [0.25, 0.3) is 0 Å². The Bertz CT molecular complexity index is 300. The van der Waals surface area contributed by atoms with Crippen LogP contribution in [-0.2, 0) is 0 Å². The molecule has 1 heteroatoms. The first-order chi connectivity index (χ1) is 5.42. The Labute approximate surface area is 66.3 Å². The maximum atomic E-state index is 5.21. The van der Waals surface area contributed by atoms with Gasteiger partial charge in [0.1, 0.15) is 0 Å². The lowest BCUT2D eigenvalue weighted by molar-refractivity contribution is 0.649. The van der Waals surface area contributed by atoms with Gasteiger partial charge in [0.2, 0.25) is 0 Å². The molecule has 0 spiro atoms. The van der Waals surface area contributed by atoms with Gasteiger partial charge >= 0.3 is 0 Å². The second-order valence-electron chi connectivity index (χ2n) is 2.59. The Morgan fingerprint density at radius 1 is 1.45 bits per heavy atom. The van der Waals surface area contributed by atoms with Gasteiger partial charge < -0.3 is 4.74 Å². The van der Waals surface area contributed by atoms with Crippen molar-refractivity contribution < 1.29 is 4.74 Å².